The number of nitrogens with zero attached hydrogens (tertiary/aromatic N) is 5. The first-order valence-electron chi connectivity index (χ1n) is 13.6. The molecule has 2 aromatic rings. The first kappa shape index (κ1) is 47.8. The van der Waals surface area contributed by atoms with Crippen LogP contribution in [0.4, 0.5) is 125 Å². The molecule has 2 rings (SSSR count). The van der Waals surface area contributed by atoms with Gasteiger partial charge in [0.25, 0.3) is 5.69 Å². The fourth-order valence-electron chi connectivity index (χ4n) is 3.88. The number of carbonyl (C=O) groups is 1. The van der Waals surface area contributed by atoms with Gasteiger partial charge in [-0.05, 0) is 24.3 Å². The second kappa shape index (κ2) is 14.6. The summed E-state index contributed by atoms with van der Waals surface area (Å²) in [5.41, 5.74) is -6.81. The topological polar surface area (TPSA) is 124 Å². The summed E-state index contributed by atoms with van der Waals surface area (Å²) in [4.78, 5) is 21.8. The van der Waals surface area contributed by atoms with E-state index in [1.54, 1.807) is 0 Å². The summed E-state index contributed by atoms with van der Waals surface area (Å²) in [6.07, 6.45) is -14.9. The minimum absolute atomic E-state index is 0.173. The Morgan fingerprint density at radius 1 is 0.684 bits per heavy atom. The van der Waals surface area contributed by atoms with Crippen LogP contribution in [0.5, 0.6) is 0 Å². The quantitative estimate of drug-likeness (QED) is 0.0876. The highest BCUT2D eigenvalue weighted by atomic mass is 19.4. The van der Waals surface area contributed by atoms with Gasteiger partial charge < -0.3 is 10.2 Å². The number of nitriles is 1. The van der Waals surface area contributed by atoms with Crippen LogP contribution in [0.2, 0.25) is 0 Å². The Morgan fingerprint density at radius 2 is 1.12 bits per heavy atom. The maximum absolute atomic E-state index is 14.7. The summed E-state index contributed by atoms with van der Waals surface area (Å²) >= 11 is 0. The third kappa shape index (κ3) is 7.97. The Hall–Kier alpha value is -5.34. The molecule has 0 aromatic heterocycles. The van der Waals surface area contributed by atoms with Crippen LogP contribution in [-0.4, -0.2) is 84.2 Å². The summed E-state index contributed by atoms with van der Waals surface area (Å²) in [6.45, 7) is -2.71. The predicted molar refractivity (Wildman–Crippen MR) is 142 cm³/mol. The van der Waals surface area contributed by atoms with Crippen molar-refractivity contribution in [3.05, 3.63) is 52.1 Å². The molecular formula is C26H12F22N6O3. The number of azo groups is 1. The van der Waals surface area contributed by atoms with Gasteiger partial charge >= 0.3 is 65.6 Å². The van der Waals surface area contributed by atoms with Crippen LogP contribution in [0, 0.1) is 21.4 Å². The van der Waals surface area contributed by atoms with E-state index in [1.807, 2.05) is 0 Å². The molecule has 0 saturated carbocycles. The summed E-state index contributed by atoms with van der Waals surface area (Å²) < 4.78 is 297. The number of nitro groups is 1. The van der Waals surface area contributed by atoms with Crippen molar-refractivity contribution < 1.29 is 106 Å². The highest BCUT2D eigenvalue weighted by Gasteiger charge is 2.94. The monoisotopic (exact) mass is 874 g/mol. The molecule has 318 valence electrons. The van der Waals surface area contributed by atoms with Gasteiger partial charge in [-0.2, -0.15) is 102 Å². The number of halogens is 22. The minimum atomic E-state index is -8.82. The van der Waals surface area contributed by atoms with Gasteiger partial charge in [-0.1, -0.05) is 0 Å². The van der Waals surface area contributed by atoms with Crippen LogP contribution in [-0.2, 0) is 4.79 Å². The Labute approximate surface area is 298 Å². The zero-order valence-corrected chi connectivity index (χ0v) is 26.4. The van der Waals surface area contributed by atoms with Gasteiger partial charge in [0.15, 0.2) is 0 Å². The zero-order chi connectivity index (χ0) is 45.0. The number of hydrogen-bond donors (Lipinski definition) is 1. The standard InChI is InChI=1S/C26H12F22N6O3/c1-53(9-17(27,28)19(31,32)25(43,44)45)11-2-5-14(52-51-13-4-3-12(54(56)57)6-10(13)8-49)15(7-11)50-16(55)18(29,30)20(33,34)21(35,36)22(37,38)23(39,40)24(41,42)26(46,47)48/h2-7H,9H2,1H3,(H,50,55)/b52-51+. The molecule has 31 heteroatoms. The summed E-state index contributed by atoms with van der Waals surface area (Å²) in [6, 6.07) is 3.34. The van der Waals surface area contributed by atoms with Crippen LogP contribution in [0.25, 0.3) is 0 Å². The van der Waals surface area contributed by atoms with E-state index in [9.17, 15) is 117 Å². The third-order valence-electron chi connectivity index (χ3n) is 7.11. The number of nitro benzene ring substituents is 1. The van der Waals surface area contributed by atoms with E-state index in [-0.39, 0.29) is 24.1 Å². The van der Waals surface area contributed by atoms with Crippen LogP contribution >= 0.6 is 0 Å². The molecule has 0 spiro atoms. The molecule has 0 unspecified atom stereocenters. The van der Waals surface area contributed by atoms with Gasteiger partial charge in [0.1, 0.15) is 17.4 Å². The average Bonchev–Trinajstić information content (AvgIpc) is 3.05. The van der Waals surface area contributed by atoms with E-state index in [2.05, 4.69) is 10.2 Å². The van der Waals surface area contributed by atoms with E-state index in [4.69, 9.17) is 0 Å². The van der Waals surface area contributed by atoms with E-state index in [0.717, 1.165) is 0 Å². The van der Waals surface area contributed by atoms with Crippen LogP contribution < -0.4 is 10.2 Å². The molecule has 0 aliphatic heterocycles. The summed E-state index contributed by atoms with van der Waals surface area (Å²) in [7, 11) is 0.223. The summed E-state index contributed by atoms with van der Waals surface area (Å²) in [5.74, 6) is -67.7. The number of nitrogens with one attached hydrogen (secondary N) is 1. The van der Waals surface area contributed by atoms with Crippen molar-refractivity contribution in [2.45, 2.75) is 59.7 Å². The van der Waals surface area contributed by atoms with E-state index < -0.39 is 111 Å². The van der Waals surface area contributed by atoms with Gasteiger partial charge in [-0.3, -0.25) is 14.9 Å². The molecule has 0 heterocycles. The Balaban J connectivity index is 2.78. The number of rotatable bonds is 14. The maximum atomic E-state index is 14.7. The first-order chi connectivity index (χ1) is 25.2. The van der Waals surface area contributed by atoms with Gasteiger partial charge in [-0.25, -0.2) is 0 Å². The molecule has 1 N–H and O–H groups in total. The second-order valence-corrected chi connectivity index (χ2v) is 11.0. The maximum Gasteiger partial charge on any atom is 0.460 e. The Morgan fingerprint density at radius 3 is 1.58 bits per heavy atom. The van der Waals surface area contributed by atoms with Crippen molar-refractivity contribution in [2.75, 3.05) is 23.8 Å². The van der Waals surface area contributed by atoms with Crippen molar-refractivity contribution >= 4 is 34.3 Å². The molecule has 0 bridgehead atoms. The van der Waals surface area contributed by atoms with Crippen LogP contribution in [0.1, 0.15) is 5.56 Å². The van der Waals surface area contributed by atoms with Crippen molar-refractivity contribution in [3.63, 3.8) is 0 Å². The largest absolute Gasteiger partial charge is 0.460 e. The van der Waals surface area contributed by atoms with E-state index in [0.29, 0.717) is 29.6 Å². The van der Waals surface area contributed by atoms with Gasteiger partial charge in [-0.15, -0.1) is 10.2 Å². The highest BCUT2D eigenvalue weighted by molar-refractivity contribution is 5.99. The lowest BCUT2D eigenvalue weighted by Gasteiger charge is -2.41. The van der Waals surface area contributed by atoms with E-state index >= 15 is 0 Å². The molecule has 9 nitrogen and oxygen atoms in total. The number of alkyl halides is 22. The predicted octanol–water partition coefficient (Wildman–Crippen LogP) is 10.5. The van der Waals surface area contributed by atoms with Gasteiger partial charge in [0, 0.05) is 24.9 Å². The summed E-state index contributed by atoms with van der Waals surface area (Å²) in [5, 5.41) is 26.9. The lowest BCUT2D eigenvalue weighted by molar-refractivity contribution is -0.449. The molecule has 0 aliphatic carbocycles. The lowest BCUT2D eigenvalue weighted by Crippen LogP contribution is -2.73. The number of benzene rings is 2. The first-order valence-corrected chi connectivity index (χ1v) is 13.6. The Kier molecular flexibility index (Phi) is 12.2. The van der Waals surface area contributed by atoms with Gasteiger partial charge in [0.05, 0.1) is 22.7 Å². The molecule has 0 fully saturated rings. The fraction of sp³-hybridized carbons (Fsp3) is 0.462. The third-order valence-corrected chi connectivity index (χ3v) is 7.11. The normalized spacial score (nSPS) is 14.4. The van der Waals surface area contributed by atoms with Crippen molar-refractivity contribution in [1.29, 1.82) is 5.26 Å². The number of non-ortho nitro benzene ring substituents is 1. The fourth-order valence-corrected chi connectivity index (χ4v) is 3.88. The number of anilines is 2. The molecule has 0 radical (unpaired) electrons. The highest BCUT2D eigenvalue weighted by Crippen LogP contribution is 2.62. The number of amides is 1. The zero-order valence-electron chi connectivity index (χ0n) is 26.4. The van der Waals surface area contributed by atoms with Crippen molar-refractivity contribution in [1.82, 2.24) is 0 Å². The molecule has 1 amide bonds. The molecular weight excluding hydrogens is 862 g/mol. The molecule has 0 atom stereocenters. The number of carbonyl (C=O) groups excluding carboxylic acids is 1. The molecule has 2 aromatic carbocycles. The smallest absolute Gasteiger partial charge is 0.368 e. The number of hydrogen-bond acceptors (Lipinski definition) is 7. The van der Waals surface area contributed by atoms with Crippen LogP contribution in [0.15, 0.2) is 46.6 Å². The van der Waals surface area contributed by atoms with E-state index in [1.165, 1.54) is 6.07 Å². The van der Waals surface area contributed by atoms with Crippen LogP contribution in [0.3, 0.4) is 0 Å². The molecule has 57 heavy (non-hydrogen) atoms. The second-order valence-electron chi connectivity index (χ2n) is 11.0. The Bertz CT molecular complexity index is 1940. The van der Waals surface area contributed by atoms with Crippen molar-refractivity contribution in [2.24, 2.45) is 10.2 Å². The lowest BCUT2D eigenvalue weighted by atomic mass is 9.90. The SMILES string of the molecule is CN(CC(F)(F)C(F)(F)C(F)(F)F)c1ccc(/N=N/c2ccc([N+](=O)[O-])cc2C#N)c(NC(=O)C(F)(F)C(F)(F)C(F)(F)C(F)(F)C(F)(F)C(F)(F)C(F)(F)F)c1. The average molecular weight is 874 g/mol. The van der Waals surface area contributed by atoms with Gasteiger partial charge in [0.2, 0.25) is 0 Å². The van der Waals surface area contributed by atoms with Crippen molar-refractivity contribution in [3.8, 4) is 6.07 Å². The molecule has 0 aliphatic rings. The minimum Gasteiger partial charge on any atom is -0.368 e. The molecule has 0 saturated heterocycles.